The topological polar surface area (TPSA) is 164 Å². The van der Waals surface area contributed by atoms with E-state index in [9.17, 15) is 19.2 Å². The summed E-state index contributed by atoms with van der Waals surface area (Å²) in [6, 6.07) is 30.2. The van der Waals surface area contributed by atoms with Crippen LogP contribution in [0.15, 0.2) is 91.0 Å². The first-order chi connectivity index (χ1) is 37.4. The highest BCUT2D eigenvalue weighted by molar-refractivity contribution is 7.22. The summed E-state index contributed by atoms with van der Waals surface area (Å²) in [6.45, 7) is 17.4. The first-order valence-corrected chi connectivity index (χ1v) is 28.6. The number of carbonyl (C=O) groups is 4. The van der Waals surface area contributed by atoms with E-state index in [1.165, 1.54) is 17.8 Å². The van der Waals surface area contributed by atoms with E-state index in [1.807, 2.05) is 99.2 Å². The molecular weight excluding hydrogens is 999 g/mol. The van der Waals surface area contributed by atoms with Gasteiger partial charge in [0.25, 0.3) is 5.91 Å². The number of carbonyl (C=O) groups excluding carboxylic acids is 4. The molecule has 0 radical (unpaired) electrons. The monoisotopic (exact) mass is 1070 g/mol. The highest BCUT2D eigenvalue weighted by Gasteiger charge is 2.36. The molecule has 3 fully saturated rings. The number of benzene rings is 4. The fourth-order valence-electron chi connectivity index (χ4n) is 12.2. The number of hydrogen-bond donors (Lipinski definition) is 2. The lowest BCUT2D eigenvalue weighted by atomic mass is 9.84. The van der Waals surface area contributed by atoms with Crippen LogP contribution in [0.2, 0.25) is 0 Å². The van der Waals surface area contributed by atoms with Crippen LogP contribution in [0.5, 0.6) is 5.75 Å². The molecule has 11 rings (SSSR count). The van der Waals surface area contributed by atoms with Crippen LogP contribution in [0.4, 0.5) is 16.6 Å². The molecule has 0 bridgehead atoms. The molecule has 2 N–H and O–H groups in total. The van der Waals surface area contributed by atoms with Crippen molar-refractivity contribution in [3.8, 4) is 16.9 Å². The second-order valence-electron chi connectivity index (χ2n) is 23.4. The highest BCUT2D eigenvalue weighted by atomic mass is 32.1. The number of aryl methyl sites for hydroxylation is 1. The minimum Gasteiger partial charge on any atom is -0.490 e. The van der Waals surface area contributed by atoms with Gasteiger partial charge in [-0.05, 0) is 182 Å². The highest BCUT2D eigenvalue weighted by Crippen LogP contribution is 2.39. The predicted octanol–water partition coefficient (Wildman–Crippen LogP) is 11.2. The van der Waals surface area contributed by atoms with Gasteiger partial charge in [0.2, 0.25) is 11.8 Å². The number of nitrogens with one attached hydrogen (secondary N) is 2. The predicted molar refractivity (Wildman–Crippen MR) is 308 cm³/mol. The van der Waals surface area contributed by atoms with Crippen LogP contribution in [0, 0.1) is 12.8 Å². The molecule has 16 heteroatoms. The van der Waals surface area contributed by atoms with E-state index in [0.717, 1.165) is 119 Å². The number of para-hydroxylation sites is 1. The van der Waals surface area contributed by atoms with Crippen molar-refractivity contribution in [3.05, 3.63) is 125 Å². The summed E-state index contributed by atoms with van der Waals surface area (Å²) >= 11 is 1.45. The molecule has 1 aliphatic carbocycles. The van der Waals surface area contributed by atoms with Gasteiger partial charge in [-0.15, -0.1) is 0 Å². The second kappa shape index (κ2) is 21.6. The molecule has 4 aromatic carbocycles. The first-order valence-electron chi connectivity index (χ1n) is 27.8. The minimum absolute atomic E-state index is 0.00766. The number of nitrogens with zero attached hydrogens (tertiary/aromatic N) is 7. The number of ether oxygens (including phenoxy) is 2. The van der Waals surface area contributed by atoms with Crippen molar-refractivity contribution < 1.29 is 28.7 Å². The lowest BCUT2D eigenvalue weighted by Crippen LogP contribution is -2.59. The molecule has 2 saturated heterocycles. The Morgan fingerprint density at radius 2 is 1.67 bits per heavy atom. The molecule has 1 atom stereocenters. The Morgan fingerprint density at radius 3 is 2.45 bits per heavy atom. The minimum atomic E-state index is -0.735. The zero-order chi connectivity index (χ0) is 54.5. The Hall–Kier alpha value is -7.17. The van der Waals surface area contributed by atoms with E-state index in [0.29, 0.717) is 60.3 Å². The summed E-state index contributed by atoms with van der Waals surface area (Å²) in [5.41, 5.74) is 8.40. The molecule has 1 unspecified atom stereocenters. The Bertz CT molecular complexity index is 3410. The number of pyridine rings is 1. The number of hydrogen-bond acceptors (Lipinski definition) is 13. The molecule has 78 heavy (non-hydrogen) atoms. The third-order valence-corrected chi connectivity index (χ3v) is 17.4. The Kier molecular flexibility index (Phi) is 14.6. The van der Waals surface area contributed by atoms with Crippen LogP contribution in [0.3, 0.4) is 0 Å². The maximum absolute atomic E-state index is 14.2. The van der Waals surface area contributed by atoms with Crippen LogP contribution in [-0.2, 0) is 34.3 Å². The fraction of sp³-hybridized carbons (Fsp3) is 0.435. The number of thiazole rings is 1. The van der Waals surface area contributed by atoms with Crippen molar-refractivity contribution in [1.29, 1.82) is 0 Å². The molecule has 0 spiro atoms. The van der Waals surface area contributed by atoms with Gasteiger partial charge in [-0.25, -0.2) is 14.8 Å². The standard InChI is InChI=1S/C62H71N9O6S/c1-38-43(44-26-28-53(64-56(44)59(75)77-61(2,3)4)69-32-30-40-14-10-16-45(48(40)36-69)57(73)66-60-63-49-17-8-9-19-52(49)78-60)15-11-18-51(38)76-42-23-20-39(21-24-42)13-12-31-71-34-33-70(37-62(71,5)6)41-22-25-46-50(35-41)68(7)67-55(46)47-27-29-54(72)65-58(47)74/h8-11,14-19,22,25-26,28,35,39,42,47H,12-13,20-21,23-24,27,29-34,36-37H2,1-7H3,(H,63,66,73)(H,65,72,74). The number of amides is 3. The van der Waals surface area contributed by atoms with Gasteiger partial charge in [-0.1, -0.05) is 47.7 Å². The number of rotatable bonds is 13. The third-order valence-electron chi connectivity index (χ3n) is 16.4. The zero-order valence-corrected chi connectivity index (χ0v) is 46.8. The van der Waals surface area contributed by atoms with Crippen molar-refractivity contribution >= 4 is 72.8 Å². The number of anilines is 3. The van der Waals surface area contributed by atoms with E-state index in [-0.39, 0.29) is 35.1 Å². The van der Waals surface area contributed by atoms with E-state index >= 15 is 0 Å². The van der Waals surface area contributed by atoms with Gasteiger partial charge >= 0.3 is 5.97 Å². The first kappa shape index (κ1) is 52.9. The largest absolute Gasteiger partial charge is 0.490 e. The van der Waals surface area contributed by atoms with E-state index in [4.69, 9.17) is 19.6 Å². The number of esters is 1. The molecule has 1 saturated carbocycles. The summed E-state index contributed by atoms with van der Waals surface area (Å²) < 4.78 is 15.7. The molecule has 6 heterocycles. The summed E-state index contributed by atoms with van der Waals surface area (Å²) in [5.74, 6) is 0.528. The quantitative estimate of drug-likeness (QED) is 0.0831. The molecule has 406 valence electrons. The van der Waals surface area contributed by atoms with Crippen molar-refractivity contribution in [2.24, 2.45) is 13.0 Å². The lowest BCUT2D eigenvalue weighted by molar-refractivity contribution is -0.134. The van der Waals surface area contributed by atoms with E-state index in [2.05, 4.69) is 75.4 Å². The van der Waals surface area contributed by atoms with E-state index in [1.54, 1.807) is 0 Å². The van der Waals surface area contributed by atoms with Gasteiger partial charge in [-0.2, -0.15) is 5.10 Å². The van der Waals surface area contributed by atoms with Crippen molar-refractivity contribution in [2.45, 2.75) is 129 Å². The number of imide groups is 1. The summed E-state index contributed by atoms with van der Waals surface area (Å²) in [6.07, 6.45) is 8.26. The van der Waals surface area contributed by atoms with Gasteiger partial charge in [0, 0.05) is 73.9 Å². The van der Waals surface area contributed by atoms with Crippen LogP contribution in [0.25, 0.3) is 32.2 Å². The summed E-state index contributed by atoms with van der Waals surface area (Å²) in [4.78, 5) is 69.5. The molecule has 3 aromatic heterocycles. The average molecular weight is 1070 g/mol. The molecule has 15 nitrogen and oxygen atoms in total. The number of piperazine rings is 1. The molecule has 3 amide bonds. The normalized spacial score (nSPS) is 19.9. The Balaban J connectivity index is 0.704. The van der Waals surface area contributed by atoms with Gasteiger partial charge in [0.15, 0.2) is 10.8 Å². The third kappa shape index (κ3) is 11.1. The number of piperidine rings is 1. The lowest BCUT2D eigenvalue weighted by Gasteiger charge is -2.48. The van der Waals surface area contributed by atoms with Crippen molar-refractivity contribution in [3.63, 3.8) is 0 Å². The Morgan fingerprint density at radius 1 is 0.859 bits per heavy atom. The maximum atomic E-state index is 14.2. The van der Waals surface area contributed by atoms with Crippen molar-refractivity contribution in [2.75, 3.05) is 47.8 Å². The van der Waals surface area contributed by atoms with Gasteiger partial charge in [-0.3, -0.25) is 34.6 Å². The van der Waals surface area contributed by atoms with E-state index < -0.39 is 17.5 Å². The second-order valence-corrected chi connectivity index (χ2v) is 24.4. The zero-order valence-electron chi connectivity index (χ0n) is 46.0. The molecule has 7 aromatic rings. The van der Waals surface area contributed by atoms with Crippen LogP contribution < -0.4 is 25.2 Å². The smallest absolute Gasteiger partial charge is 0.358 e. The molecular formula is C62H71N9O6S. The number of aromatic nitrogens is 4. The summed E-state index contributed by atoms with van der Waals surface area (Å²) in [7, 11) is 1.93. The molecule has 4 aliphatic rings. The number of fused-ring (bicyclic) bond motifs is 3. The average Bonchev–Trinajstić information content (AvgIpc) is 4.15. The fourth-order valence-corrected chi connectivity index (χ4v) is 13.1. The van der Waals surface area contributed by atoms with Gasteiger partial charge in [0.05, 0.1) is 33.4 Å². The van der Waals surface area contributed by atoms with Crippen LogP contribution in [0.1, 0.15) is 135 Å². The maximum Gasteiger partial charge on any atom is 0.358 e. The molecule has 3 aliphatic heterocycles. The van der Waals surface area contributed by atoms with Crippen molar-refractivity contribution in [1.82, 2.24) is 30.0 Å². The van der Waals surface area contributed by atoms with Crippen LogP contribution in [-0.4, -0.2) is 98.3 Å². The Labute approximate surface area is 460 Å². The summed E-state index contributed by atoms with van der Waals surface area (Å²) in [5, 5.41) is 11.8. The van der Waals surface area contributed by atoms with Crippen LogP contribution >= 0.6 is 11.3 Å². The van der Waals surface area contributed by atoms with Gasteiger partial charge < -0.3 is 19.3 Å². The SMILES string of the molecule is Cc1c(OC2CCC(CCCN3CCN(c4ccc5c(C6CCC(=O)NC6=O)nn(C)c5c4)CC3(C)C)CC2)cccc1-c1ccc(N2CCc3cccc(C(=O)Nc4nc5ccccc5s4)c3C2)nc1C(=O)OC(C)(C)C. The van der Waals surface area contributed by atoms with Gasteiger partial charge in [0.1, 0.15) is 17.2 Å².